The van der Waals surface area contributed by atoms with E-state index in [2.05, 4.69) is 46.7 Å². The third kappa shape index (κ3) is 39.1. The van der Waals surface area contributed by atoms with Gasteiger partial charge in [-0.3, -0.25) is 0 Å². The fraction of sp³-hybridized carbons (Fsp3) is 1.00. The normalized spacial score (nSPS) is 11.6. The number of hydrogen-bond acceptors (Lipinski definition) is 2. The molecule has 0 fully saturated rings. The molecule has 0 bridgehead atoms. The molecular formula is C32H70N2. The van der Waals surface area contributed by atoms with Gasteiger partial charge in [-0.1, -0.05) is 155 Å². The number of hydrogen-bond donors (Lipinski definition) is 1. The van der Waals surface area contributed by atoms with E-state index in [0.717, 1.165) is 0 Å². The number of rotatable bonds is 25. The van der Waals surface area contributed by atoms with E-state index < -0.39 is 0 Å². The van der Waals surface area contributed by atoms with Crippen LogP contribution in [0.2, 0.25) is 0 Å². The van der Waals surface area contributed by atoms with E-state index in [9.17, 15) is 0 Å². The van der Waals surface area contributed by atoms with E-state index in [0.29, 0.717) is 0 Å². The van der Waals surface area contributed by atoms with Gasteiger partial charge in [-0.15, -0.1) is 0 Å². The molecule has 0 spiro atoms. The lowest BCUT2D eigenvalue weighted by molar-refractivity contribution is 0.389. The minimum atomic E-state index is 0.0395. The Bertz CT molecular complexity index is 345. The molecule has 2 nitrogen and oxygen atoms in total. The van der Waals surface area contributed by atoms with Gasteiger partial charge in [0.1, 0.15) is 0 Å². The summed E-state index contributed by atoms with van der Waals surface area (Å²) in [6.45, 7) is 10.1. The molecule has 0 heterocycles. The Morgan fingerprint density at radius 1 is 0.441 bits per heavy atom. The van der Waals surface area contributed by atoms with Crippen molar-refractivity contribution in [2.24, 2.45) is 5.73 Å². The van der Waals surface area contributed by atoms with Gasteiger partial charge in [-0.05, 0) is 47.3 Å². The van der Waals surface area contributed by atoms with Crippen LogP contribution in [0, 0.1) is 0 Å². The summed E-state index contributed by atoms with van der Waals surface area (Å²) in [5.41, 5.74) is 6.01. The number of nitrogens with two attached hydrogens (primary N) is 1. The fourth-order valence-corrected chi connectivity index (χ4v) is 4.51. The average Bonchev–Trinajstić information content (AvgIpc) is 2.78. The van der Waals surface area contributed by atoms with Gasteiger partial charge in [0, 0.05) is 5.54 Å². The van der Waals surface area contributed by atoms with Crippen molar-refractivity contribution >= 4 is 0 Å². The van der Waals surface area contributed by atoms with Crippen molar-refractivity contribution < 1.29 is 0 Å². The minimum absolute atomic E-state index is 0.0395. The maximum atomic E-state index is 5.97. The van der Waals surface area contributed by atoms with Gasteiger partial charge < -0.3 is 10.6 Å². The summed E-state index contributed by atoms with van der Waals surface area (Å²) in [7, 11) is 4.32. The lowest BCUT2D eigenvalue weighted by Crippen LogP contribution is -2.31. The van der Waals surface area contributed by atoms with Crippen LogP contribution in [0.4, 0.5) is 0 Å². The third-order valence-electron chi connectivity index (χ3n) is 6.88. The minimum Gasteiger partial charge on any atom is -0.326 e. The Morgan fingerprint density at radius 2 is 0.706 bits per heavy atom. The second-order valence-corrected chi connectivity index (χ2v) is 12.0. The van der Waals surface area contributed by atoms with Gasteiger partial charge in [-0.25, -0.2) is 0 Å². The third-order valence-corrected chi connectivity index (χ3v) is 6.88. The van der Waals surface area contributed by atoms with Crippen LogP contribution in [0.1, 0.15) is 182 Å². The molecule has 0 rings (SSSR count). The first-order chi connectivity index (χ1) is 16.3. The molecule has 2 heteroatoms. The summed E-state index contributed by atoms with van der Waals surface area (Å²) >= 11 is 0. The van der Waals surface area contributed by atoms with Crippen LogP contribution in [0.25, 0.3) is 0 Å². The Kier molecular flexibility index (Phi) is 30.9. The molecule has 0 atom stereocenters. The van der Waals surface area contributed by atoms with E-state index in [1.54, 1.807) is 0 Å². The SMILES string of the molecule is CCCCCCCCCCCCCCCC(C)(C)N.CCCCCCCCCCCCN(C)C. The van der Waals surface area contributed by atoms with Gasteiger partial charge in [-0.2, -0.15) is 0 Å². The van der Waals surface area contributed by atoms with Crippen LogP contribution in [-0.2, 0) is 0 Å². The molecule has 0 aliphatic carbocycles. The second-order valence-electron chi connectivity index (χ2n) is 12.0. The van der Waals surface area contributed by atoms with E-state index in [4.69, 9.17) is 5.73 Å². The summed E-state index contributed by atoms with van der Waals surface area (Å²) < 4.78 is 0. The van der Waals surface area contributed by atoms with E-state index in [-0.39, 0.29) is 5.54 Å². The maximum Gasteiger partial charge on any atom is 0.00970 e. The topological polar surface area (TPSA) is 29.3 Å². The largest absolute Gasteiger partial charge is 0.326 e. The molecule has 0 aromatic rings. The standard InChI is InChI=1S/C18H39N.C14H31N/c1-4-5-6-7-8-9-10-11-12-13-14-15-16-17-18(2,3)19;1-4-5-6-7-8-9-10-11-12-13-14-15(2)3/h4-17,19H2,1-3H3;4-14H2,1-3H3. The van der Waals surface area contributed by atoms with E-state index in [1.165, 1.54) is 161 Å². The van der Waals surface area contributed by atoms with Crippen LogP contribution in [0.3, 0.4) is 0 Å². The molecule has 0 amide bonds. The number of nitrogens with zero attached hydrogens (tertiary/aromatic N) is 1. The summed E-state index contributed by atoms with van der Waals surface area (Å²) in [6.07, 6.45) is 34.0. The lowest BCUT2D eigenvalue weighted by Gasteiger charge is -2.17. The zero-order chi connectivity index (χ0) is 25.8. The first kappa shape index (κ1) is 36.1. The highest BCUT2D eigenvalue weighted by atomic mass is 15.0. The van der Waals surface area contributed by atoms with Gasteiger partial charge >= 0.3 is 0 Å². The molecule has 0 unspecified atom stereocenters. The molecule has 34 heavy (non-hydrogen) atoms. The molecule has 0 saturated heterocycles. The van der Waals surface area contributed by atoms with Crippen molar-refractivity contribution in [2.45, 2.75) is 187 Å². The van der Waals surface area contributed by atoms with E-state index >= 15 is 0 Å². The first-order valence-corrected chi connectivity index (χ1v) is 15.8. The van der Waals surface area contributed by atoms with Crippen molar-refractivity contribution in [1.29, 1.82) is 0 Å². The molecule has 0 aromatic heterocycles. The fourth-order valence-electron chi connectivity index (χ4n) is 4.51. The predicted octanol–water partition coefficient (Wildman–Crippen LogP) is 10.7. The highest BCUT2D eigenvalue weighted by Gasteiger charge is 2.08. The number of unbranched alkanes of at least 4 members (excludes halogenated alkanes) is 21. The van der Waals surface area contributed by atoms with Crippen LogP contribution in [0.5, 0.6) is 0 Å². The summed E-state index contributed by atoms with van der Waals surface area (Å²) in [4.78, 5) is 2.28. The Labute approximate surface area is 218 Å². The summed E-state index contributed by atoms with van der Waals surface area (Å²) in [5, 5.41) is 0. The molecule has 0 aliphatic rings. The van der Waals surface area contributed by atoms with Gasteiger partial charge in [0.25, 0.3) is 0 Å². The zero-order valence-corrected chi connectivity index (χ0v) is 25.2. The highest BCUT2D eigenvalue weighted by Crippen LogP contribution is 2.15. The molecule has 0 saturated carbocycles. The van der Waals surface area contributed by atoms with Crippen LogP contribution < -0.4 is 5.73 Å². The van der Waals surface area contributed by atoms with E-state index in [1.807, 2.05) is 0 Å². The molecule has 0 radical (unpaired) electrons. The molecule has 2 N–H and O–H groups in total. The van der Waals surface area contributed by atoms with Crippen LogP contribution >= 0.6 is 0 Å². The second kappa shape index (κ2) is 29.2. The first-order valence-electron chi connectivity index (χ1n) is 15.8. The van der Waals surface area contributed by atoms with Gasteiger partial charge in [0.2, 0.25) is 0 Å². The molecule has 0 aromatic carbocycles. The quantitative estimate of drug-likeness (QED) is 0.131. The molecular weight excluding hydrogens is 412 g/mol. The average molecular weight is 483 g/mol. The monoisotopic (exact) mass is 483 g/mol. The Hall–Kier alpha value is -0.0800. The maximum absolute atomic E-state index is 5.97. The lowest BCUT2D eigenvalue weighted by atomic mass is 9.97. The Balaban J connectivity index is 0. The van der Waals surface area contributed by atoms with Crippen LogP contribution in [-0.4, -0.2) is 31.1 Å². The molecule has 0 aliphatic heterocycles. The zero-order valence-electron chi connectivity index (χ0n) is 25.2. The highest BCUT2D eigenvalue weighted by molar-refractivity contribution is 4.70. The van der Waals surface area contributed by atoms with Crippen molar-refractivity contribution in [3.63, 3.8) is 0 Å². The van der Waals surface area contributed by atoms with Crippen molar-refractivity contribution in [3.05, 3.63) is 0 Å². The van der Waals surface area contributed by atoms with Gasteiger partial charge in [0.15, 0.2) is 0 Å². The Morgan fingerprint density at radius 3 is 0.971 bits per heavy atom. The van der Waals surface area contributed by atoms with Crippen molar-refractivity contribution in [1.82, 2.24) is 4.90 Å². The summed E-state index contributed by atoms with van der Waals surface area (Å²) in [6, 6.07) is 0. The smallest absolute Gasteiger partial charge is 0.00970 e. The van der Waals surface area contributed by atoms with Gasteiger partial charge in [0.05, 0.1) is 0 Å². The summed E-state index contributed by atoms with van der Waals surface area (Å²) in [5.74, 6) is 0. The van der Waals surface area contributed by atoms with Crippen LogP contribution in [0.15, 0.2) is 0 Å². The molecule has 208 valence electrons. The van der Waals surface area contributed by atoms with Crippen molar-refractivity contribution in [2.75, 3.05) is 20.6 Å². The van der Waals surface area contributed by atoms with Crippen molar-refractivity contribution in [3.8, 4) is 0 Å². The predicted molar refractivity (Wildman–Crippen MR) is 159 cm³/mol.